The molecule has 0 atom stereocenters. The Morgan fingerprint density at radius 3 is 2.42 bits per heavy atom. The average molecular weight is 425 g/mol. The molecule has 0 radical (unpaired) electrons. The number of aromatic amines is 1. The largest absolute Gasteiger partial charge is 0.497 e. The molecule has 1 amide bonds. The number of rotatable bonds is 5. The maximum Gasteiger partial charge on any atom is 0.416 e. The van der Waals surface area contributed by atoms with Gasteiger partial charge in [0.15, 0.2) is 0 Å². The molecule has 4 aromatic rings. The number of benzene rings is 2. The first-order chi connectivity index (χ1) is 14.8. The van der Waals surface area contributed by atoms with Gasteiger partial charge in [-0.05, 0) is 53.6 Å². The van der Waals surface area contributed by atoms with E-state index in [9.17, 15) is 18.0 Å². The molecule has 4 rings (SSSR count). The number of carbonyl (C=O) groups excluding carboxylic acids is 1. The smallest absolute Gasteiger partial charge is 0.416 e. The fourth-order valence-electron chi connectivity index (χ4n) is 3.27. The predicted octanol–water partition coefficient (Wildman–Crippen LogP) is 5.44. The molecular weight excluding hydrogens is 407 g/mol. The van der Waals surface area contributed by atoms with E-state index < -0.39 is 11.7 Å². The number of H-pyrrole nitrogens is 1. The Hall–Kier alpha value is -3.81. The van der Waals surface area contributed by atoms with Crippen molar-refractivity contribution in [3.8, 4) is 16.9 Å². The molecule has 0 saturated heterocycles. The number of nitrogens with one attached hydrogen (secondary N) is 2. The zero-order valence-electron chi connectivity index (χ0n) is 16.5. The Balaban J connectivity index is 1.52. The molecule has 2 aromatic heterocycles. The van der Waals surface area contributed by atoms with Crippen molar-refractivity contribution in [2.45, 2.75) is 12.6 Å². The Kier molecular flexibility index (Phi) is 5.37. The number of nitrogens with zero attached hydrogens (tertiary/aromatic N) is 1. The van der Waals surface area contributed by atoms with Crippen LogP contribution in [0.25, 0.3) is 22.2 Å². The third kappa shape index (κ3) is 4.53. The second kappa shape index (κ2) is 8.14. The summed E-state index contributed by atoms with van der Waals surface area (Å²) in [5, 5.41) is 3.43. The van der Waals surface area contributed by atoms with Gasteiger partial charge < -0.3 is 15.0 Å². The molecule has 0 saturated carbocycles. The minimum Gasteiger partial charge on any atom is -0.497 e. The normalized spacial score (nSPS) is 11.5. The minimum atomic E-state index is -4.42. The molecule has 31 heavy (non-hydrogen) atoms. The number of methoxy groups -OCH3 is 1. The van der Waals surface area contributed by atoms with Crippen LogP contribution in [0.1, 0.15) is 11.1 Å². The molecule has 0 spiro atoms. The van der Waals surface area contributed by atoms with Crippen molar-refractivity contribution in [2.75, 3.05) is 12.4 Å². The van der Waals surface area contributed by atoms with Crippen LogP contribution in [0.15, 0.2) is 67.0 Å². The lowest BCUT2D eigenvalue weighted by Gasteiger charge is -2.09. The molecule has 0 fully saturated rings. The monoisotopic (exact) mass is 425 g/mol. The molecule has 0 aliphatic carbocycles. The van der Waals surface area contributed by atoms with Gasteiger partial charge >= 0.3 is 6.18 Å². The summed E-state index contributed by atoms with van der Waals surface area (Å²) >= 11 is 0. The Labute approximate surface area is 175 Å². The predicted molar refractivity (Wildman–Crippen MR) is 112 cm³/mol. The van der Waals surface area contributed by atoms with Crippen LogP contribution in [0, 0.1) is 0 Å². The molecule has 2 N–H and O–H groups in total. The fourth-order valence-corrected chi connectivity index (χ4v) is 3.27. The quantitative estimate of drug-likeness (QED) is 0.448. The third-order valence-corrected chi connectivity index (χ3v) is 4.89. The van der Waals surface area contributed by atoms with Crippen LogP contribution in [0.4, 0.5) is 18.9 Å². The number of carbonyl (C=O) groups is 1. The van der Waals surface area contributed by atoms with Crippen molar-refractivity contribution in [3.05, 3.63) is 78.1 Å². The van der Waals surface area contributed by atoms with E-state index in [2.05, 4.69) is 15.3 Å². The van der Waals surface area contributed by atoms with Gasteiger partial charge in [0.2, 0.25) is 5.91 Å². The number of aromatic nitrogens is 2. The van der Waals surface area contributed by atoms with E-state index in [1.165, 1.54) is 12.1 Å². The molecule has 5 nitrogen and oxygen atoms in total. The third-order valence-electron chi connectivity index (χ3n) is 4.89. The summed E-state index contributed by atoms with van der Waals surface area (Å²) in [6.07, 6.45) is -0.912. The van der Waals surface area contributed by atoms with Gasteiger partial charge in [-0.15, -0.1) is 0 Å². The van der Waals surface area contributed by atoms with E-state index in [0.717, 1.165) is 40.0 Å². The van der Waals surface area contributed by atoms with E-state index in [0.29, 0.717) is 11.3 Å². The summed E-state index contributed by atoms with van der Waals surface area (Å²) in [6, 6.07) is 13.8. The van der Waals surface area contributed by atoms with Crippen molar-refractivity contribution in [1.82, 2.24) is 9.97 Å². The van der Waals surface area contributed by atoms with Crippen molar-refractivity contribution >= 4 is 22.6 Å². The molecule has 0 bridgehead atoms. The molecule has 0 unspecified atom stereocenters. The molecule has 0 aliphatic heterocycles. The van der Waals surface area contributed by atoms with Gasteiger partial charge in [-0.1, -0.05) is 12.1 Å². The van der Waals surface area contributed by atoms with Crippen LogP contribution in [0.2, 0.25) is 0 Å². The fraction of sp³-hybridized carbons (Fsp3) is 0.130. The number of fused-ring (bicyclic) bond motifs is 1. The summed E-state index contributed by atoms with van der Waals surface area (Å²) in [5.41, 5.74) is 2.77. The van der Waals surface area contributed by atoms with Gasteiger partial charge in [-0.3, -0.25) is 4.79 Å². The van der Waals surface area contributed by atoms with Gasteiger partial charge in [0.05, 0.1) is 19.1 Å². The van der Waals surface area contributed by atoms with Crippen LogP contribution >= 0.6 is 0 Å². The highest BCUT2D eigenvalue weighted by Crippen LogP contribution is 2.30. The van der Waals surface area contributed by atoms with E-state index in [1.807, 2.05) is 30.3 Å². The van der Waals surface area contributed by atoms with E-state index in [4.69, 9.17) is 4.74 Å². The van der Waals surface area contributed by atoms with Crippen molar-refractivity contribution in [3.63, 3.8) is 0 Å². The zero-order valence-corrected chi connectivity index (χ0v) is 16.5. The first kappa shape index (κ1) is 20.5. The van der Waals surface area contributed by atoms with E-state index in [-0.39, 0.29) is 12.3 Å². The number of anilines is 1. The second-order valence-electron chi connectivity index (χ2n) is 6.96. The summed E-state index contributed by atoms with van der Waals surface area (Å²) < 4.78 is 43.2. The van der Waals surface area contributed by atoms with E-state index >= 15 is 0 Å². The van der Waals surface area contributed by atoms with Gasteiger partial charge in [0.1, 0.15) is 11.4 Å². The SMILES string of the molecule is COc1ccc(-c2cnc3[nH]cc(CC(=O)Nc4ccc(C(F)(F)F)cc4)c3c2)cc1. The van der Waals surface area contributed by atoms with Crippen LogP contribution in [0.5, 0.6) is 5.75 Å². The summed E-state index contributed by atoms with van der Waals surface area (Å²) in [6.45, 7) is 0. The molecule has 0 aliphatic rings. The van der Waals surface area contributed by atoms with E-state index in [1.54, 1.807) is 19.5 Å². The van der Waals surface area contributed by atoms with Gasteiger partial charge in [-0.2, -0.15) is 13.2 Å². The summed E-state index contributed by atoms with van der Waals surface area (Å²) in [7, 11) is 1.60. The number of pyridine rings is 1. The lowest BCUT2D eigenvalue weighted by Crippen LogP contribution is -2.14. The minimum absolute atomic E-state index is 0.0504. The Morgan fingerprint density at radius 2 is 1.77 bits per heavy atom. The van der Waals surface area contributed by atoms with Crippen LogP contribution in [0.3, 0.4) is 0 Å². The first-order valence-corrected chi connectivity index (χ1v) is 9.41. The molecular formula is C23H18F3N3O2. The average Bonchev–Trinajstić information content (AvgIpc) is 3.15. The van der Waals surface area contributed by atoms with Crippen molar-refractivity contribution in [2.24, 2.45) is 0 Å². The topological polar surface area (TPSA) is 67.0 Å². The lowest BCUT2D eigenvalue weighted by atomic mass is 10.0. The first-order valence-electron chi connectivity index (χ1n) is 9.41. The van der Waals surface area contributed by atoms with Crippen LogP contribution < -0.4 is 10.1 Å². The Bertz CT molecular complexity index is 1210. The molecule has 8 heteroatoms. The van der Waals surface area contributed by atoms with Gasteiger partial charge in [0, 0.05) is 29.0 Å². The van der Waals surface area contributed by atoms with Gasteiger partial charge in [0.25, 0.3) is 0 Å². The highest BCUT2D eigenvalue weighted by Gasteiger charge is 2.30. The molecule has 158 valence electrons. The highest BCUT2D eigenvalue weighted by atomic mass is 19.4. The maximum absolute atomic E-state index is 12.7. The lowest BCUT2D eigenvalue weighted by molar-refractivity contribution is -0.137. The number of amides is 1. The van der Waals surface area contributed by atoms with Crippen LogP contribution in [-0.4, -0.2) is 23.0 Å². The summed E-state index contributed by atoms with van der Waals surface area (Å²) in [4.78, 5) is 19.9. The number of ether oxygens (including phenoxy) is 1. The molecule has 2 aromatic carbocycles. The maximum atomic E-state index is 12.7. The molecule has 2 heterocycles. The number of halogens is 3. The highest BCUT2D eigenvalue weighted by molar-refractivity contribution is 5.95. The Morgan fingerprint density at radius 1 is 1.06 bits per heavy atom. The summed E-state index contributed by atoms with van der Waals surface area (Å²) in [5.74, 6) is 0.413. The standard InChI is InChI=1S/C23H18F3N3O2/c1-31-19-8-2-14(3-9-19)15-10-20-16(13-28-22(20)27-12-15)11-21(30)29-18-6-4-17(5-7-18)23(24,25)26/h2-10,12-13H,11H2,1H3,(H,27,28)(H,29,30). The zero-order chi connectivity index (χ0) is 22.0. The number of hydrogen-bond donors (Lipinski definition) is 2. The van der Waals surface area contributed by atoms with Crippen LogP contribution in [-0.2, 0) is 17.4 Å². The van der Waals surface area contributed by atoms with Crippen molar-refractivity contribution < 1.29 is 22.7 Å². The number of alkyl halides is 3. The van der Waals surface area contributed by atoms with Crippen molar-refractivity contribution in [1.29, 1.82) is 0 Å². The van der Waals surface area contributed by atoms with Gasteiger partial charge in [-0.25, -0.2) is 4.98 Å². The second-order valence-corrected chi connectivity index (χ2v) is 6.96. The number of hydrogen-bond acceptors (Lipinski definition) is 3.